The molecule has 4 nitrogen and oxygen atoms in total. The lowest BCUT2D eigenvalue weighted by Crippen LogP contribution is -2.37. The second-order valence-electron chi connectivity index (χ2n) is 3.80. The van der Waals surface area contributed by atoms with Crippen LogP contribution in [0.1, 0.15) is 13.3 Å². The van der Waals surface area contributed by atoms with Crippen molar-refractivity contribution in [3.8, 4) is 0 Å². The number of hydrogen-bond acceptors (Lipinski definition) is 2. The van der Waals surface area contributed by atoms with Gasteiger partial charge in [0, 0.05) is 28.8 Å². The van der Waals surface area contributed by atoms with Crippen LogP contribution in [0, 0.1) is 0 Å². The fraction of sp³-hybridized carbons (Fsp3) is 0.417. The van der Waals surface area contributed by atoms with E-state index in [-0.39, 0.29) is 12.6 Å². The van der Waals surface area contributed by atoms with Crippen LogP contribution < -0.4 is 5.32 Å². The minimum Gasteiger partial charge on any atom is -0.395 e. The molecule has 18 heavy (non-hydrogen) atoms. The molecule has 6 heteroatoms. The summed E-state index contributed by atoms with van der Waals surface area (Å²) in [4.78, 5) is 13.5. The van der Waals surface area contributed by atoms with Crippen molar-refractivity contribution in [2.75, 3.05) is 25.0 Å². The lowest BCUT2D eigenvalue weighted by Gasteiger charge is -2.21. The molecule has 0 unspecified atom stereocenters. The number of aliphatic hydroxyl groups excluding tert-OH is 1. The number of anilines is 1. The molecule has 0 aliphatic heterocycles. The Kier molecular flexibility index (Phi) is 6.25. The standard InChI is InChI=1S/C12H16Cl2N2O2/c1-2-3-16(4-5-17)12(18)15-11-7-9(13)6-10(14)8-11/h6-8,17H,2-5H2,1H3,(H,15,18). The summed E-state index contributed by atoms with van der Waals surface area (Å²) in [5.74, 6) is 0. The average molecular weight is 291 g/mol. The summed E-state index contributed by atoms with van der Waals surface area (Å²) in [5.41, 5.74) is 0.538. The summed E-state index contributed by atoms with van der Waals surface area (Å²) >= 11 is 11.7. The Hall–Kier alpha value is -0.970. The highest BCUT2D eigenvalue weighted by atomic mass is 35.5. The number of benzene rings is 1. The van der Waals surface area contributed by atoms with Crippen LogP contribution in [0.2, 0.25) is 10.0 Å². The van der Waals surface area contributed by atoms with E-state index in [1.54, 1.807) is 18.2 Å². The van der Waals surface area contributed by atoms with Crippen molar-refractivity contribution >= 4 is 34.9 Å². The summed E-state index contributed by atoms with van der Waals surface area (Å²) in [6.07, 6.45) is 0.823. The van der Waals surface area contributed by atoms with Gasteiger partial charge in [0.1, 0.15) is 0 Å². The van der Waals surface area contributed by atoms with Gasteiger partial charge in [0.05, 0.1) is 6.61 Å². The van der Waals surface area contributed by atoms with Crippen LogP contribution in [0.5, 0.6) is 0 Å². The molecule has 0 heterocycles. The molecule has 0 saturated heterocycles. The maximum atomic E-state index is 11.9. The number of urea groups is 1. The first-order chi connectivity index (χ1) is 8.56. The molecule has 0 saturated carbocycles. The molecule has 1 aromatic carbocycles. The van der Waals surface area contributed by atoms with Crippen LogP contribution in [-0.4, -0.2) is 35.7 Å². The second kappa shape index (κ2) is 7.46. The highest BCUT2D eigenvalue weighted by Gasteiger charge is 2.12. The highest BCUT2D eigenvalue weighted by Crippen LogP contribution is 2.22. The Bertz CT molecular complexity index is 387. The van der Waals surface area contributed by atoms with E-state index in [1.165, 1.54) is 4.90 Å². The molecule has 0 atom stereocenters. The molecule has 1 aromatic rings. The zero-order chi connectivity index (χ0) is 13.5. The Morgan fingerprint density at radius 1 is 1.28 bits per heavy atom. The van der Waals surface area contributed by atoms with Crippen LogP contribution in [-0.2, 0) is 0 Å². The molecule has 0 bridgehead atoms. The van der Waals surface area contributed by atoms with E-state index in [0.717, 1.165) is 6.42 Å². The van der Waals surface area contributed by atoms with Gasteiger partial charge in [-0.15, -0.1) is 0 Å². The third-order valence-corrected chi connectivity index (χ3v) is 2.70. The molecular weight excluding hydrogens is 275 g/mol. The first-order valence-corrected chi connectivity index (χ1v) is 6.45. The molecule has 2 amide bonds. The second-order valence-corrected chi connectivity index (χ2v) is 4.67. The number of hydrogen-bond donors (Lipinski definition) is 2. The van der Waals surface area contributed by atoms with Gasteiger partial charge in [-0.25, -0.2) is 4.79 Å². The normalized spacial score (nSPS) is 10.2. The third kappa shape index (κ3) is 4.72. The fourth-order valence-electron chi connectivity index (χ4n) is 1.53. The molecule has 100 valence electrons. The van der Waals surface area contributed by atoms with E-state index in [1.807, 2.05) is 6.92 Å². The molecule has 0 aromatic heterocycles. The quantitative estimate of drug-likeness (QED) is 0.875. The predicted octanol–water partition coefficient (Wildman–Crippen LogP) is 3.23. The Balaban J connectivity index is 2.72. The van der Waals surface area contributed by atoms with E-state index in [4.69, 9.17) is 28.3 Å². The molecule has 1 rings (SSSR count). The van der Waals surface area contributed by atoms with Crippen LogP contribution in [0.15, 0.2) is 18.2 Å². The first kappa shape index (κ1) is 15.1. The Labute approximate surface area is 116 Å². The van der Waals surface area contributed by atoms with Gasteiger partial charge >= 0.3 is 6.03 Å². The minimum absolute atomic E-state index is 0.0658. The topological polar surface area (TPSA) is 52.6 Å². The maximum Gasteiger partial charge on any atom is 0.321 e. The van der Waals surface area contributed by atoms with Crippen LogP contribution >= 0.6 is 23.2 Å². The van der Waals surface area contributed by atoms with Crippen molar-refractivity contribution in [1.82, 2.24) is 4.90 Å². The predicted molar refractivity (Wildman–Crippen MR) is 74.4 cm³/mol. The number of amides is 2. The van der Waals surface area contributed by atoms with Crippen LogP contribution in [0.4, 0.5) is 10.5 Å². The number of carbonyl (C=O) groups is 1. The summed E-state index contributed by atoms with van der Waals surface area (Å²) in [6, 6.07) is 4.56. The number of nitrogens with zero attached hydrogens (tertiary/aromatic N) is 1. The van der Waals surface area contributed by atoms with E-state index >= 15 is 0 Å². The number of aliphatic hydroxyl groups is 1. The summed E-state index contributed by atoms with van der Waals surface area (Å²) in [7, 11) is 0. The van der Waals surface area contributed by atoms with Gasteiger partial charge in [-0.3, -0.25) is 0 Å². The van der Waals surface area contributed by atoms with Crippen molar-refractivity contribution in [2.24, 2.45) is 0 Å². The van der Waals surface area contributed by atoms with Gasteiger partial charge in [-0.1, -0.05) is 30.1 Å². The van der Waals surface area contributed by atoms with Crippen LogP contribution in [0.25, 0.3) is 0 Å². The van der Waals surface area contributed by atoms with E-state index in [0.29, 0.717) is 28.8 Å². The van der Waals surface area contributed by atoms with Gasteiger partial charge in [-0.2, -0.15) is 0 Å². The minimum atomic E-state index is -0.274. The summed E-state index contributed by atoms with van der Waals surface area (Å²) in [5, 5.41) is 12.5. The lowest BCUT2D eigenvalue weighted by atomic mass is 10.3. The number of rotatable bonds is 5. The smallest absolute Gasteiger partial charge is 0.321 e. The number of nitrogens with one attached hydrogen (secondary N) is 1. The van der Waals surface area contributed by atoms with Gasteiger partial charge in [0.2, 0.25) is 0 Å². The monoisotopic (exact) mass is 290 g/mol. The maximum absolute atomic E-state index is 11.9. The van der Waals surface area contributed by atoms with Gasteiger partial charge in [-0.05, 0) is 24.6 Å². The Morgan fingerprint density at radius 2 is 1.89 bits per heavy atom. The van der Waals surface area contributed by atoms with Crippen molar-refractivity contribution in [1.29, 1.82) is 0 Å². The van der Waals surface area contributed by atoms with Crippen molar-refractivity contribution < 1.29 is 9.90 Å². The largest absolute Gasteiger partial charge is 0.395 e. The molecule has 0 aliphatic rings. The summed E-state index contributed by atoms with van der Waals surface area (Å²) in [6.45, 7) is 2.78. The van der Waals surface area contributed by atoms with E-state index < -0.39 is 0 Å². The SMILES string of the molecule is CCCN(CCO)C(=O)Nc1cc(Cl)cc(Cl)c1. The Morgan fingerprint density at radius 3 is 2.39 bits per heavy atom. The third-order valence-electron chi connectivity index (χ3n) is 2.26. The van der Waals surface area contributed by atoms with Gasteiger partial charge < -0.3 is 15.3 Å². The van der Waals surface area contributed by atoms with Crippen molar-refractivity contribution in [3.05, 3.63) is 28.2 Å². The molecule has 0 radical (unpaired) electrons. The zero-order valence-corrected chi connectivity index (χ0v) is 11.6. The van der Waals surface area contributed by atoms with Crippen molar-refractivity contribution in [2.45, 2.75) is 13.3 Å². The average Bonchev–Trinajstić information content (AvgIpc) is 2.27. The lowest BCUT2D eigenvalue weighted by molar-refractivity contribution is 0.188. The molecule has 0 fully saturated rings. The number of halogens is 2. The van der Waals surface area contributed by atoms with Gasteiger partial charge in [0.15, 0.2) is 0 Å². The fourth-order valence-corrected chi connectivity index (χ4v) is 2.06. The highest BCUT2D eigenvalue weighted by molar-refractivity contribution is 6.35. The number of carbonyl (C=O) groups excluding carboxylic acids is 1. The molecule has 2 N–H and O–H groups in total. The van der Waals surface area contributed by atoms with Crippen molar-refractivity contribution in [3.63, 3.8) is 0 Å². The van der Waals surface area contributed by atoms with E-state index in [2.05, 4.69) is 5.32 Å². The molecule has 0 aliphatic carbocycles. The van der Waals surface area contributed by atoms with Gasteiger partial charge in [0.25, 0.3) is 0 Å². The molecule has 0 spiro atoms. The summed E-state index contributed by atoms with van der Waals surface area (Å²) < 4.78 is 0. The molecular formula is C12H16Cl2N2O2. The van der Waals surface area contributed by atoms with Crippen LogP contribution in [0.3, 0.4) is 0 Å². The van der Waals surface area contributed by atoms with E-state index in [9.17, 15) is 4.79 Å². The first-order valence-electron chi connectivity index (χ1n) is 5.69. The zero-order valence-electron chi connectivity index (χ0n) is 10.1.